The second-order valence-corrected chi connectivity index (χ2v) is 5.85. The number of nitrogens with two attached hydrogens (primary N) is 1. The van der Waals surface area contributed by atoms with Crippen LogP contribution in [-0.2, 0) is 0 Å². The molecule has 0 aromatic heterocycles. The number of hydrogen-bond donors (Lipinski definition) is 1. The van der Waals surface area contributed by atoms with Crippen LogP contribution >= 0.6 is 0 Å². The lowest BCUT2D eigenvalue weighted by Gasteiger charge is -2.41. The van der Waals surface area contributed by atoms with E-state index in [0.29, 0.717) is 12.0 Å². The van der Waals surface area contributed by atoms with Gasteiger partial charge in [-0.2, -0.15) is 0 Å². The number of piperidine rings is 1. The average Bonchev–Trinajstić information content (AvgIpc) is 2.47. The van der Waals surface area contributed by atoms with Crippen LogP contribution in [0, 0.1) is 12.8 Å². The third kappa shape index (κ3) is 3.15. The quantitative estimate of drug-likeness (QED) is 0.898. The smallest absolute Gasteiger partial charge is 0.121 e. The Morgan fingerprint density at radius 2 is 2.20 bits per heavy atom. The topological polar surface area (TPSA) is 38.5 Å². The number of rotatable bonds is 5. The molecule has 1 saturated heterocycles. The predicted octanol–water partition coefficient (Wildman–Crippen LogP) is 3.13. The van der Waals surface area contributed by atoms with Crippen molar-refractivity contribution in [3.8, 4) is 5.75 Å². The Labute approximate surface area is 123 Å². The second kappa shape index (κ2) is 7.09. The fraction of sp³-hybridized carbons (Fsp3) is 0.647. The zero-order valence-electron chi connectivity index (χ0n) is 13.1. The van der Waals surface area contributed by atoms with Crippen LogP contribution < -0.4 is 10.5 Å². The van der Waals surface area contributed by atoms with Gasteiger partial charge in [-0.15, -0.1) is 0 Å². The summed E-state index contributed by atoms with van der Waals surface area (Å²) in [6.45, 7) is 7.50. The van der Waals surface area contributed by atoms with Crippen LogP contribution in [0.5, 0.6) is 5.75 Å². The molecule has 0 saturated carbocycles. The van der Waals surface area contributed by atoms with E-state index in [1.807, 2.05) is 0 Å². The van der Waals surface area contributed by atoms with Crippen LogP contribution in [0.1, 0.15) is 43.4 Å². The Morgan fingerprint density at radius 1 is 1.40 bits per heavy atom. The normalized spacial score (nSPS) is 23.8. The lowest BCUT2D eigenvalue weighted by Crippen LogP contribution is -2.41. The minimum absolute atomic E-state index is 0.471. The van der Waals surface area contributed by atoms with Gasteiger partial charge < -0.3 is 10.5 Å². The molecule has 3 heteroatoms. The predicted molar refractivity (Wildman–Crippen MR) is 84.1 cm³/mol. The van der Waals surface area contributed by atoms with Crippen molar-refractivity contribution in [1.29, 1.82) is 0 Å². The first-order chi connectivity index (χ1) is 9.71. The number of ether oxygens (including phenoxy) is 1. The summed E-state index contributed by atoms with van der Waals surface area (Å²) in [5.41, 5.74) is 8.64. The molecule has 1 aliphatic heterocycles. The molecule has 2 unspecified atom stereocenters. The molecule has 1 aliphatic rings. The third-order valence-electron chi connectivity index (χ3n) is 4.43. The second-order valence-electron chi connectivity index (χ2n) is 5.85. The van der Waals surface area contributed by atoms with Crippen molar-refractivity contribution in [3.63, 3.8) is 0 Å². The first kappa shape index (κ1) is 15.3. The summed E-state index contributed by atoms with van der Waals surface area (Å²) in [4.78, 5) is 2.61. The first-order valence-electron chi connectivity index (χ1n) is 7.79. The lowest BCUT2D eigenvalue weighted by molar-refractivity contribution is 0.0960. The van der Waals surface area contributed by atoms with Crippen LogP contribution in [0.15, 0.2) is 18.2 Å². The van der Waals surface area contributed by atoms with Crippen LogP contribution in [0.2, 0.25) is 0 Å². The average molecular weight is 276 g/mol. The van der Waals surface area contributed by atoms with Gasteiger partial charge in [0.25, 0.3) is 0 Å². The number of methoxy groups -OCH3 is 1. The summed E-state index contributed by atoms with van der Waals surface area (Å²) in [5, 5.41) is 0. The van der Waals surface area contributed by atoms with Crippen molar-refractivity contribution < 1.29 is 4.74 Å². The zero-order valence-corrected chi connectivity index (χ0v) is 13.1. The summed E-state index contributed by atoms with van der Waals surface area (Å²) in [7, 11) is 1.73. The van der Waals surface area contributed by atoms with E-state index < -0.39 is 0 Å². The Hall–Kier alpha value is -1.06. The van der Waals surface area contributed by atoms with Crippen molar-refractivity contribution >= 4 is 0 Å². The fourth-order valence-corrected chi connectivity index (χ4v) is 3.51. The van der Waals surface area contributed by atoms with Crippen molar-refractivity contribution in [2.75, 3.05) is 26.7 Å². The van der Waals surface area contributed by atoms with Crippen LogP contribution in [0.3, 0.4) is 0 Å². The highest BCUT2D eigenvalue weighted by molar-refractivity contribution is 5.37. The van der Waals surface area contributed by atoms with Gasteiger partial charge in [0, 0.05) is 6.04 Å². The molecule has 0 amide bonds. The Morgan fingerprint density at radius 3 is 2.80 bits per heavy atom. The van der Waals surface area contributed by atoms with Gasteiger partial charge in [0.15, 0.2) is 0 Å². The maximum Gasteiger partial charge on any atom is 0.121 e. The van der Waals surface area contributed by atoms with E-state index in [-0.39, 0.29) is 0 Å². The van der Waals surface area contributed by atoms with E-state index >= 15 is 0 Å². The van der Waals surface area contributed by atoms with Gasteiger partial charge in [-0.3, -0.25) is 4.90 Å². The van der Waals surface area contributed by atoms with Gasteiger partial charge in [-0.25, -0.2) is 0 Å². The zero-order chi connectivity index (χ0) is 14.5. The number of aryl methyl sites for hydroxylation is 1. The minimum Gasteiger partial charge on any atom is -0.496 e. The maximum atomic E-state index is 6.03. The minimum atomic E-state index is 0.471. The van der Waals surface area contributed by atoms with E-state index in [1.165, 1.54) is 36.9 Å². The van der Waals surface area contributed by atoms with Gasteiger partial charge in [0.05, 0.1) is 7.11 Å². The molecule has 3 nitrogen and oxygen atoms in total. The largest absolute Gasteiger partial charge is 0.496 e. The van der Waals surface area contributed by atoms with E-state index in [2.05, 4.69) is 36.9 Å². The van der Waals surface area contributed by atoms with Gasteiger partial charge in [-0.05, 0) is 68.9 Å². The molecule has 1 aromatic rings. The first-order valence-corrected chi connectivity index (χ1v) is 7.79. The van der Waals surface area contributed by atoms with Gasteiger partial charge in [0.2, 0.25) is 0 Å². The molecule has 1 heterocycles. The maximum absolute atomic E-state index is 6.03. The molecule has 0 aliphatic carbocycles. The SMILES string of the molecule is CCCN1CCCC(CN)C1c1ccc(OC)c(C)c1. The molecule has 0 spiro atoms. The molecular formula is C17H28N2O. The van der Waals surface area contributed by atoms with Gasteiger partial charge in [-0.1, -0.05) is 19.1 Å². The third-order valence-corrected chi connectivity index (χ3v) is 4.43. The molecule has 0 bridgehead atoms. The van der Waals surface area contributed by atoms with Crippen molar-refractivity contribution in [3.05, 3.63) is 29.3 Å². The summed E-state index contributed by atoms with van der Waals surface area (Å²) >= 11 is 0. The molecule has 20 heavy (non-hydrogen) atoms. The summed E-state index contributed by atoms with van der Waals surface area (Å²) in [5.74, 6) is 1.54. The lowest BCUT2D eigenvalue weighted by atomic mass is 9.84. The molecule has 1 aromatic carbocycles. The highest BCUT2D eigenvalue weighted by Crippen LogP contribution is 2.37. The van der Waals surface area contributed by atoms with Crippen LogP contribution in [0.25, 0.3) is 0 Å². The number of likely N-dealkylation sites (tertiary alicyclic amines) is 1. The molecule has 1 fully saturated rings. The van der Waals surface area contributed by atoms with E-state index in [4.69, 9.17) is 10.5 Å². The van der Waals surface area contributed by atoms with Crippen molar-refractivity contribution in [1.82, 2.24) is 4.90 Å². The summed E-state index contributed by atoms with van der Waals surface area (Å²) < 4.78 is 5.38. The molecular weight excluding hydrogens is 248 g/mol. The molecule has 2 rings (SSSR count). The Balaban J connectivity index is 2.30. The Kier molecular flexibility index (Phi) is 5.44. The Bertz CT molecular complexity index is 431. The number of nitrogens with zero attached hydrogens (tertiary/aromatic N) is 1. The number of hydrogen-bond acceptors (Lipinski definition) is 3. The van der Waals surface area contributed by atoms with Gasteiger partial charge in [0.1, 0.15) is 5.75 Å². The van der Waals surface area contributed by atoms with Crippen molar-refractivity contribution in [2.45, 2.75) is 39.2 Å². The van der Waals surface area contributed by atoms with Crippen molar-refractivity contribution in [2.24, 2.45) is 11.7 Å². The highest BCUT2D eigenvalue weighted by atomic mass is 16.5. The summed E-state index contributed by atoms with van der Waals surface area (Å²) in [6.07, 6.45) is 3.71. The molecule has 112 valence electrons. The molecule has 2 N–H and O–H groups in total. The molecule has 0 radical (unpaired) electrons. The van der Waals surface area contributed by atoms with E-state index in [9.17, 15) is 0 Å². The van der Waals surface area contributed by atoms with Crippen LogP contribution in [0.4, 0.5) is 0 Å². The highest BCUT2D eigenvalue weighted by Gasteiger charge is 2.31. The summed E-state index contributed by atoms with van der Waals surface area (Å²) in [6, 6.07) is 7.06. The van der Waals surface area contributed by atoms with Crippen LogP contribution in [-0.4, -0.2) is 31.6 Å². The van der Waals surface area contributed by atoms with Gasteiger partial charge >= 0.3 is 0 Å². The monoisotopic (exact) mass is 276 g/mol. The number of benzene rings is 1. The van der Waals surface area contributed by atoms with E-state index in [1.54, 1.807) is 7.11 Å². The molecule has 2 atom stereocenters. The fourth-order valence-electron chi connectivity index (χ4n) is 3.51. The standard InChI is InChI=1S/C17H28N2O/c1-4-9-19-10-5-6-15(12-18)17(19)14-7-8-16(20-3)13(2)11-14/h7-8,11,15,17H,4-6,9-10,12,18H2,1-3H3. The van der Waals surface area contributed by atoms with E-state index in [0.717, 1.165) is 18.8 Å².